The molecule has 1 aliphatic rings. The lowest BCUT2D eigenvalue weighted by Crippen LogP contribution is -1.85. The summed E-state index contributed by atoms with van der Waals surface area (Å²) in [4.78, 5) is 0. The Hall–Kier alpha value is -0.970. The molecular weight excluding hydrogens is 90.1 g/mol. The van der Waals surface area contributed by atoms with Crippen LogP contribution in [0.15, 0.2) is 5.16 Å². The molecule has 0 bridgehead atoms. The molecule has 0 saturated heterocycles. The molecule has 1 aliphatic carbocycles. The van der Waals surface area contributed by atoms with Gasteiger partial charge in [0.2, 0.25) is 0 Å². The van der Waals surface area contributed by atoms with Crippen molar-refractivity contribution >= 4 is 5.71 Å². The van der Waals surface area contributed by atoms with Crippen LogP contribution in [0.1, 0.15) is 12.8 Å². The normalized spacial score (nSPS) is 22.0. The van der Waals surface area contributed by atoms with E-state index in [4.69, 9.17) is 5.21 Å². The largest absolute Gasteiger partial charge is 0.410 e. The van der Waals surface area contributed by atoms with E-state index in [0.717, 1.165) is 12.8 Å². The zero-order chi connectivity index (χ0) is 5.11. The van der Waals surface area contributed by atoms with Crippen LogP contribution >= 0.6 is 0 Å². The summed E-state index contributed by atoms with van der Waals surface area (Å²) >= 11 is 0. The summed E-state index contributed by atoms with van der Waals surface area (Å²) in [5.74, 6) is 5.44. The average Bonchev–Trinajstić information content (AvgIpc) is 2.14. The summed E-state index contributed by atoms with van der Waals surface area (Å²) in [7, 11) is 0. The lowest BCUT2D eigenvalue weighted by atomic mass is 10.3. The quantitative estimate of drug-likeness (QED) is 0.267. The first kappa shape index (κ1) is 4.20. The molecule has 0 aliphatic heterocycles. The van der Waals surface area contributed by atoms with E-state index in [2.05, 4.69) is 17.0 Å². The Kier molecular flexibility index (Phi) is 0.991. The zero-order valence-electron chi connectivity index (χ0n) is 3.81. The van der Waals surface area contributed by atoms with Crippen LogP contribution in [0.25, 0.3) is 0 Å². The van der Waals surface area contributed by atoms with Gasteiger partial charge in [-0.15, -0.1) is 0 Å². The van der Waals surface area contributed by atoms with Gasteiger partial charge in [-0.25, -0.2) is 0 Å². The Bertz CT molecular complexity index is 149. The van der Waals surface area contributed by atoms with Crippen molar-refractivity contribution in [3.63, 3.8) is 0 Å². The third-order valence-corrected chi connectivity index (χ3v) is 0.840. The van der Waals surface area contributed by atoms with Gasteiger partial charge in [0.05, 0.1) is 0 Å². The van der Waals surface area contributed by atoms with Crippen LogP contribution in [-0.4, -0.2) is 10.9 Å². The second kappa shape index (κ2) is 1.65. The summed E-state index contributed by atoms with van der Waals surface area (Å²) in [6, 6.07) is 0. The first-order chi connectivity index (χ1) is 3.43. The van der Waals surface area contributed by atoms with Gasteiger partial charge in [-0.2, -0.15) is 0 Å². The minimum atomic E-state index is 0.611. The van der Waals surface area contributed by atoms with Crippen LogP contribution in [0.5, 0.6) is 0 Å². The Morgan fingerprint density at radius 1 is 1.71 bits per heavy atom. The molecule has 0 aromatic heterocycles. The third-order valence-electron chi connectivity index (χ3n) is 0.840. The topological polar surface area (TPSA) is 32.6 Å². The minimum absolute atomic E-state index is 0.611. The van der Waals surface area contributed by atoms with Gasteiger partial charge in [0.1, 0.15) is 5.71 Å². The monoisotopic (exact) mass is 95.0 g/mol. The van der Waals surface area contributed by atoms with Crippen LogP contribution in [0.3, 0.4) is 0 Å². The van der Waals surface area contributed by atoms with E-state index in [1.54, 1.807) is 0 Å². The highest BCUT2D eigenvalue weighted by Crippen LogP contribution is 1.96. The molecule has 1 N–H and O–H groups in total. The van der Waals surface area contributed by atoms with Crippen molar-refractivity contribution in [2.24, 2.45) is 5.16 Å². The second-order valence-electron chi connectivity index (χ2n) is 1.35. The molecule has 0 aromatic rings. The molecule has 36 valence electrons. The maximum atomic E-state index is 8.05. The average molecular weight is 95.1 g/mol. The molecule has 0 aromatic carbocycles. The van der Waals surface area contributed by atoms with Crippen molar-refractivity contribution in [3.8, 4) is 11.8 Å². The van der Waals surface area contributed by atoms with Gasteiger partial charge in [-0.3, -0.25) is 0 Å². The molecule has 0 atom stereocenters. The Morgan fingerprint density at radius 2 is 2.57 bits per heavy atom. The first-order valence-corrected chi connectivity index (χ1v) is 2.13. The smallest absolute Gasteiger partial charge is 0.130 e. The van der Waals surface area contributed by atoms with Crippen LogP contribution in [-0.2, 0) is 0 Å². The summed E-state index contributed by atoms with van der Waals surface area (Å²) < 4.78 is 0. The summed E-state index contributed by atoms with van der Waals surface area (Å²) in [6.07, 6.45) is 1.63. The number of rotatable bonds is 0. The second-order valence-corrected chi connectivity index (χ2v) is 1.35. The number of hydrogen-bond acceptors (Lipinski definition) is 2. The lowest BCUT2D eigenvalue weighted by Gasteiger charge is -1.78. The van der Waals surface area contributed by atoms with E-state index in [-0.39, 0.29) is 0 Å². The van der Waals surface area contributed by atoms with E-state index in [1.807, 2.05) is 0 Å². The van der Waals surface area contributed by atoms with Crippen LogP contribution < -0.4 is 0 Å². The van der Waals surface area contributed by atoms with E-state index >= 15 is 0 Å². The van der Waals surface area contributed by atoms with E-state index < -0.39 is 0 Å². The molecule has 0 heterocycles. The van der Waals surface area contributed by atoms with Gasteiger partial charge in [0, 0.05) is 12.8 Å². The molecule has 7 heavy (non-hydrogen) atoms. The number of nitrogens with zero attached hydrogens (tertiary/aromatic N) is 1. The lowest BCUT2D eigenvalue weighted by molar-refractivity contribution is 0.319. The van der Waals surface area contributed by atoms with E-state index in [0.29, 0.717) is 5.71 Å². The fourth-order valence-electron chi connectivity index (χ4n) is 0.483. The highest BCUT2D eigenvalue weighted by molar-refractivity contribution is 6.01. The maximum Gasteiger partial charge on any atom is 0.130 e. The molecule has 0 unspecified atom stereocenters. The molecule has 0 spiro atoms. The van der Waals surface area contributed by atoms with Crippen molar-refractivity contribution in [2.75, 3.05) is 0 Å². The fraction of sp³-hybridized carbons (Fsp3) is 0.400. The van der Waals surface area contributed by atoms with Crippen molar-refractivity contribution in [1.82, 2.24) is 0 Å². The predicted octanol–water partition coefficient (Wildman–Crippen LogP) is 0.614. The Balaban J connectivity index is 2.66. The molecule has 0 fully saturated rings. The van der Waals surface area contributed by atoms with Gasteiger partial charge in [0.25, 0.3) is 0 Å². The summed E-state index contributed by atoms with van der Waals surface area (Å²) in [6.45, 7) is 0. The molecule has 0 saturated carbocycles. The highest BCUT2D eigenvalue weighted by Gasteiger charge is 1.97. The zero-order valence-corrected chi connectivity index (χ0v) is 3.81. The van der Waals surface area contributed by atoms with Crippen molar-refractivity contribution < 1.29 is 5.21 Å². The Morgan fingerprint density at radius 3 is 2.86 bits per heavy atom. The molecule has 0 radical (unpaired) electrons. The molecule has 2 heteroatoms. The molecular formula is C5H5NO. The van der Waals surface area contributed by atoms with Crippen LogP contribution in [0.4, 0.5) is 0 Å². The molecule has 0 amide bonds. The Labute approximate surface area is 41.8 Å². The minimum Gasteiger partial charge on any atom is -0.410 e. The van der Waals surface area contributed by atoms with Gasteiger partial charge in [-0.05, 0) is 5.92 Å². The van der Waals surface area contributed by atoms with Crippen molar-refractivity contribution in [3.05, 3.63) is 0 Å². The third kappa shape index (κ3) is 0.716. The van der Waals surface area contributed by atoms with E-state index in [1.165, 1.54) is 0 Å². The molecule has 2 nitrogen and oxygen atoms in total. The van der Waals surface area contributed by atoms with Crippen LogP contribution in [0.2, 0.25) is 0 Å². The standard InChI is InChI=1S/C5H5NO/c7-6-5-3-1-2-4-5/h7H,1,3H2. The van der Waals surface area contributed by atoms with E-state index in [9.17, 15) is 0 Å². The fourth-order valence-corrected chi connectivity index (χ4v) is 0.483. The van der Waals surface area contributed by atoms with Crippen LogP contribution in [0, 0.1) is 11.8 Å². The van der Waals surface area contributed by atoms with Gasteiger partial charge in [-0.1, -0.05) is 11.1 Å². The van der Waals surface area contributed by atoms with Gasteiger partial charge >= 0.3 is 0 Å². The van der Waals surface area contributed by atoms with Crippen molar-refractivity contribution in [1.29, 1.82) is 0 Å². The SMILES string of the molecule is ON=C1C#CCC1. The number of oxime groups is 1. The summed E-state index contributed by atoms with van der Waals surface area (Å²) in [5.41, 5.74) is 0.611. The first-order valence-electron chi connectivity index (χ1n) is 2.13. The highest BCUT2D eigenvalue weighted by atomic mass is 16.4. The van der Waals surface area contributed by atoms with Gasteiger partial charge < -0.3 is 5.21 Å². The summed E-state index contributed by atoms with van der Waals surface area (Å²) in [5, 5.41) is 11.0. The predicted molar refractivity (Wildman–Crippen MR) is 26.2 cm³/mol. The maximum absolute atomic E-state index is 8.05. The molecule has 1 rings (SSSR count). The van der Waals surface area contributed by atoms with Crippen molar-refractivity contribution in [2.45, 2.75) is 12.8 Å². The van der Waals surface area contributed by atoms with Gasteiger partial charge in [0.15, 0.2) is 0 Å². The number of hydrogen-bond donors (Lipinski definition) is 1.